The molecule has 2 aromatic carbocycles. The first-order valence-electron chi connectivity index (χ1n) is 13.9. The molecule has 2 fully saturated rings. The average Bonchev–Trinajstić information content (AvgIpc) is 2.98. The normalized spacial score (nSPS) is 19.9. The number of benzene rings is 2. The first-order valence-corrected chi connectivity index (χ1v) is 13.9. The number of ether oxygens (including phenoxy) is 2. The fourth-order valence-corrected chi connectivity index (χ4v) is 5.86. The van der Waals surface area contributed by atoms with Crippen molar-refractivity contribution in [1.29, 1.82) is 0 Å². The number of carbonyl (C=O) groups is 1. The molecule has 40 heavy (non-hydrogen) atoms. The van der Waals surface area contributed by atoms with Gasteiger partial charge in [0.2, 0.25) is 5.91 Å². The number of amides is 1. The predicted molar refractivity (Wildman–Crippen MR) is 154 cm³/mol. The lowest BCUT2D eigenvalue weighted by Gasteiger charge is -2.38. The maximum atomic E-state index is 12.1. The number of hydrogen-bond acceptors (Lipinski definition) is 9. The number of anilines is 2. The highest BCUT2D eigenvalue weighted by Gasteiger charge is 2.29. The van der Waals surface area contributed by atoms with Crippen LogP contribution in [0.2, 0.25) is 0 Å². The summed E-state index contributed by atoms with van der Waals surface area (Å²) in [5, 5.41) is 12.6. The molecule has 4 heterocycles. The van der Waals surface area contributed by atoms with E-state index in [1.807, 2.05) is 29.2 Å². The highest BCUT2D eigenvalue weighted by molar-refractivity contribution is 5.95. The number of hydrogen-bond donors (Lipinski definition) is 1. The van der Waals surface area contributed by atoms with Gasteiger partial charge in [-0.05, 0) is 31.0 Å². The van der Waals surface area contributed by atoms with Crippen LogP contribution in [0.3, 0.4) is 0 Å². The molecule has 0 spiro atoms. The maximum absolute atomic E-state index is 12.1. The van der Waals surface area contributed by atoms with Crippen LogP contribution >= 0.6 is 0 Å². The third-order valence-electron chi connectivity index (χ3n) is 7.99. The van der Waals surface area contributed by atoms with E-state index in [1.165, 1.54) is 6.08 Å². The molecule has 0 saturated carbocycles. The van der Waals surface area contributed by atoms with E-state index < -0.39 is 0 Å². The van der Waals surface area contributed by atoms with Crippen LogP contribution < -0.4 is 14.5 Å². The Labute approximate surface area is 234 Å². The van der Waals surface area contributed by atoms with Gasteiger partial charge >= 0.3 is 6.01 Å². The Bertz CT molecular complexity index is 1410. The summed E-state index contributed by atoms with van der Waals surface area (Å²) in [4.78, 5) is 30.5. The highest BCUT2D eigenvalue weighted by Crippen LogP contribution is 2.36. The first kappa shape index (κ1) is 26.3. The van der Waals surface area contributed by atoms with Crippen molar-refractivity contribution in [3.63, 3.8) is 0 Å². The third kappa shape index (κ3) is 5.41. The van der Waals surface area contributed by atoms with Crippen LogP contribution in [-0.2, 0) is 22.5 Å². The van der Waals surface area contributed by atoms with E-state index >= 15 is 0 Å². The third-order valence-corrected chi connectivity index (χ3v) is 7.99. The van der Waals surface area contributed by atoms with E-state index in [2.05, 4.69) is 34.4 Å². The minimum atomic E-state index is -0.0418. The zero-order valence-corrected chi connectivity index (χ0v) is 23.0. The molecule has 1 aromatic heterocycles. The van der Waals surface area contributed by atoms with Crippen LogP contribution in [-0.4, -0.2) is 103 Å². The van der Waals surface area contributed by atoms with Crippen molar-refractivity contribution in [1.82, 2.24) is 19.8 Å². The Morgan fingerprint density at radius 3 is 2.75 bits per heavy atom. The monoisotopic (exact) mass is 544 g/mol. The minimum absolute atomic E-state index is 0.0366. The van der Waals surface area contributed by atoms with Crippen molar-refractivity contribution >= 4 is 28.2 Å². The Morgan fingerprint density at radius 2 is 1.95 bits per heavy atom. The lowest BCUT2D eigenvalue weighted by Crippen LogP contribution is -2.49. The SMILES string of the molecule is C=CC(=O)N1CCN(c2nc(OC[C@H]3CN(C)CCO3)nc3c2CCN(c2cc(O)cc4ccccc24)C3)CC1. The number of aromatic nitrogens is 2. The van der Waals surface area contributed by atoms with Gasteiger partial charge in [-0.1, -0.05) is 30.8 Å². The molecule has 3 aromatic rings. The largest absolute Gasteiger partial charge is 0.508 e. The fraction of sp³-hybridized carbons (Fsp3) is 0.433. The van der Waals surface area contributed by atoms with Crippen molar-refractivity contribution in [2.75, 3.05) is 75.9 Å². The summed E-state index contributed by atoms with van der Waals surface area (Å²) in [6, 6.07) is 12.1. The molecule has 1 amide bonds. The Morgan fingerprint density at radius 1 is 1.12 bits per heavy atom. The summed E-state index contributed by atoms with van der Waals surface area (Å²) in [6.07, 6.45) is 2.10. The summed E-state index contributed by atoms with van der Waals surface area (Å²) in [6.45, 7) is 10.3. The first-order chi connectivity index (χ1) is 19.5. The van der Waals surface area contributed by atoms with E-state index in [4.69, 9.17) is 19.4 Å². The van der Waals surface area contributed by atoms with Gasteiger partial charge in [0.15, 0.2) is 0 Å². The Balaban J connectivity index is 1.30. The molecule has 0 bridgehead atoms. The Kier molecular flexibility index (Phi) is 7.44. The summed E-state index contributed by atoms with van der Waals surface area (Å²) in [5.74, 6) is 1.09. The van der Waals surface area contributed by atoms with Crippen molar-refractivity contribution in [2.45, 2.75) is 19.1 Å². The Hall–Kier alpha value is -3.89. The lowest BCUT2D eigenvalue weighted by molar-refractivity contribution is -0.126. The van der Waals surface area contributed by atoms with Gasteiger partial charge in [0, 0.05) is 68.5 Å². The summed E-state index contributed by atoms with van der Waals surface area (Å²) in [5.41, 5.74) is 3.02. The molecule has 3 aliphatic rings. The molecule has 6 rings (SSSR count). The van der Waals surface area contributed by atoms with Crippen molar-refractivity contribution < 1.29 is 19.4 Å². The van der Waals surface area contributed by atoms with Crippen LogP contribution in [0.25, 0.3) is 10.8 Å². The van der Waals surface area contributed by atoms with Crippen molar-refractivity contribution in [3.05, 3.63) is 60.3 Å². The number of aromatic hydroxyl groups is 1. The number of piperazine rings is 1. The van der Waals surface area contributed by atoms with Crippen molar-refractivity contribution in [2.24, 2.45) is 0 Å². The van der Waals surface area contributed by atoms with Crippen LogP contribution in [0.5, 0.6) is 11.8 Å². The number of rotatable bonds is 6. The van der Waals surface area contributed by atoms with E-state index in [1.54, 1.807) is 6.07 Å². The lowest BCUT2D eigenvalue weighted by atomic mass is 10.0. The molecule has 0 unspecified atom stereocenters. The van der Waals surface area contributed by atoms with Gasteiger partial charge in [0.1, 0.15) is 24.3 Å². The van der Waals surface area contributed by atoms with Gasteiger partial charge in [-0.25, -0.2) is 0 Å². The minimum Gasteiger partial charge on any atom is -0.508 e. The standard InChI is InChI=1S/C30H36N6O4/c1-3-28(38)34-10-12-35(13-11-34)29-25-8-9-36(27-17-22(37)16-21-6-4-5-7-24(21)27)19-26(25)31-30(32-29)40-20-23-18-33(2)14-15-39-23/h3-7,16-17,23,37H,1,8-15,18-20H2,2H3/t23-/m1/s1. The quantitative estimate of drug-likeness (QED) is 0.470. The zero-order valence-electron chi connectivity index (χ0n) is 23.0. The van der Waals surface area contributed by atoms with Gasteiger partial charge in [0.25, 0.3) is 0 Å². The number of likely N-dealkylation sites (N-methyl/N-ethyl adjacent to an activating group) is 1. The van der Waals surface area contributed by atoms with E-state index in [0.29, 0.717) is 51.9 Å². The molecule has 1 N–H and O–H groups in total. The second kappa shape index (κ2) is 11.3. The van der Waals surface area contributed by atoms with Gasteiger partial charge < -0.3 is 34.2 Å². The second-order valence-corrected chi connectivity index (χ2v) is 10.7. The molecule has 10 nitrogen and oxygen atoms in total. The highest BCUT2D eigenvalue weighted by atomic mass is 16.5. The van der Waals surface area contributed by atoms with Gasteiger partial charge in [-0.15, -0.1) is 0 Å². The molecule has 210 valence electrons. The zero-order chi connectivity index (χ0) is 27.6. The maximum Gasteiger partial charge on any atom is 0.318 e. The molecular weight excluding hydrogens is 508 g/mol. The second-order valence-electron chi connectivity index (χ2n) is 10.7. The summed E-state index contributed by atoms with van der Waals surface area (Å²) >= 11 is 0. The number of nitrogens with zero attached hydrogens (tertiary/aromatic N) is 6. The molecular formula is C30H36N6O4. The topological polar surface area (TPSA) is 94.5 Å². The van der Waals surface area contributed by atoms with Gasteiger partial charge in [-0.2, -0.15) is 9.97 Å². The molecule has 0 radical (unpaired) electrons. The number of morpholine rings is 1. The van der Waals surface area contributed by atoms with Crippen LogP contribution in [0.15, 0.2) is 49.1 Å². The van der Waals surface area contributed by atoms with Crippen LogP contribution in [0.4, 0.5) is 11.5 Å². The van der Waals surface area contributed by atoms with Crippen LogP contribution in [0, 0.1) is 0 Å². The fourth-order valence-electron chi connectivity index (χ4n) is 5.86. The number of phenols is 1. The number of carbonyl (C=O) groups excluding carboxylic acids is 1. The van der Waals surface area contributed by atoms with Gasteiger partial charge in [-0.3, -0.25) is 4.79 Å². The van der Waals surface area contributed by atoms with Gasteiger partial charge in [0.05, 0.1) is 18.8 Å². The van der Waals surface area contributed by atoms with Crippen LogP contribution in [0.1, 0.15) is 11.3 Å². The molecule has 10 heteroatoms. The number of fused-ring (bicyclic) bond motifs is 2. The molecule has 1 atom stereocenters. The average molecular weight is 545 g/mol. The van der Waals surface area contributed by atoms with Crippen molar-refractivity contribution in [3.8, 4) is 11.8 Å². The summed E-state index contributed by atoms with van der Waals surface area (Å²) in [7, 11) is 2.08. The molecule has 3 aliphatic heterocycles. The van der Waals surface area contributed by atoms with E-state index in [-0.39, 0.29) is 17.8 Å². The van der Waals surface area contributed by atoms with E-state index in [9.17, 15) is 9.90 Å². The molecule has 2 saturated heterocycles. The smallest absolute Gasteiger partial charge is 0.318 e. The van der Waals surface area contributed by atoms with E-state index in [0.717, 1.165) is 59.6 Å². The summed E-state index contributed by atoms with van der Waals surface area (Å²) < 4.78 is 12.1. The molecule has 0 aliphatic carbocycles. The predicted octanol–water partition coefficient (Wildman–Crippen LogP) is 2.44. The number of phenolic OH excluding ortho intramolecular Hbond substituents is 1.